The molecule has 1 spiro atoms. The number of carbonyl (C=O) groups is 2. The number of amides is 3. The van der Waals surface area contributed by atoms with Crippen LogP contribution in [0.25, 0.3) is 0 Å². The van der Waals surface area contributed by atoms with E-state index in [1.165, 1.54) is 12.0 Å². The number of nitrogens with zero attached hydrogens (tertiary/aromatic N) is 2. The van der Waals surface area contributed by atoms with Gasteiger partial charge in [0.15, 0.2) is 0 Å². The molecule has 2 saturated heterocycles. The maximum atomic E-state index is 12.5. The fraction of sp³-hybridized carbons (Fsp3) is 0.619. The fourth-order valence-corrected chi connectivity index (χ4v) is 4.65. The molecule has 5 heteroatoms. The van der Waals surface area contributed by atoms with E-state index < -0.39 is 0 Å². The molecule has 2 atom stereocenters. The SMILES string of the molecule is CN1CCC2(CCN(C(=O)NC[C@@H]3C[C@H]3Cc3ccccc3)CC2)C1=O. The number of hydrogen-bond donors (Lipinski definition) is 1. The summed E-state index contributed by atoms with van der Waals surface area (Å²) in [6.45, 7) is 3.03. The van der Waals surface area contributed by atoms with Crippen LogP contribution in [0.5, 0.6) is 0 Å². The van der Waals surface area contributed by atoms with Crippen molar-refractivity contribution >= 4 is 11.9 Å². The maximum Gasteiger partial charge on any atom is 0.317 e. The van der Waals surface area contributed by atoms with Gasteiger partial charge in [-0.25, -0.2) is 4.79 Å². The van der Waals surface area contributed by atoms with Crippen molar-refractivity contribution in [3.05, 3.63) is 35.9 Å². The van der Waals surface area contributed by atoms with Crippen LogP contribution in [0.3, 0.4) is 0 Å². The normalized spacial score (nSPS) is 27.0. The fourth-order valence-electron chi connectivity index (χ4n) is 4.65. The summed E-state index contributed by atoms with van der Waals surface area (Å²) >= 11 is 0. The van der Waals surface area contributed by atoms with E-state index >= 15 is 0 Å². The Bertz CT molecular complexity index is 667. The van der Waals surface area contributed by atoms with Gasteiger partial charge in [0, 0.05) is 33.2 Å². The van der Waals surface area contributed by atoms with Crippen molar-refractivity contribution in [1.29, 1.82) is 0 Å². The van der Waals surface area contributed by atoms with Crippen LogP contribution in [-0.4, -0.2) is 55.0 Å². The second kappa shape index (κ2) is 6.93. The van der Waals surface area contributed by atoms with Crippen molar-refractivity contribution in [2.45, 2.75) is 32.1 Å². The van der Waals surface area contributed by atoms with Crippen LogP contribution >= 0.6 is 0 Å². The van der Waals surface area contributed by atoms with Crippen molar-refractivity contribution in [1.82, 2.24) is 15.1 Å². The third-order valence-electron chi connectivity index (χ3n) is 6.66. The molecule has 1 N–H and O–H groups in total. The Kier molecular flexibility index (Phi) is 4.63. The molecular formula is C21H29N3O2. The van der Waals surface area contributed by atoms with Gasteiger partial charge in [-0.2, -0.15) is 0 Å². The minimum atomic E-state index is -0.192. The lowest BCUT2D eigenvalue weighted by molar-refractivity contribution is -0.137. The Morgan fingerprint density at radius 1 is 1.12 bits per heavy atom. The number of likely N-dealkylation sites (tertiary alicyclic amines) is 2. The van der Waals surface area contributed by atoms with Gasteiger partial charge in [0.2, 0.25) is 5.91 Å². The van der Waals surface area contributed by atoms with Crippen molar-refractivity contribution in [3.8, 4) is 0 Å². The van der Waals surface area contributed by atoms with Gasteiger partial charge in [0.05, 0.1) is 5.41 Å². The van der Waals surface area contributed by atoms with E-state index in [9.17, 15) is 9.59 Å². The number of urea groups is 1. The van der Waals surface area contributed by atoms with Crippen LogP contribution in [0.4, 0.5) is 4.79 Å². The predicted octanol–water partition coefficient (Wildman–Crippen LogP) is 2.52. The van der Waals surface area contributed by atoms with Gasteiger partial charge >= 0.3 is 6.03 Å². The first-order chi connectivity index (χ1) is 12.6. The highest BCUT2D eigenvalue weighted by Gasteiger charge is 2.47. The molecular weight excluding hydrogens is 326 g/mol. The molecule has 2 heterocycles. The Morgan fingerprint density at radius 2 is 1.81 bits per heavy atom. The van der Waals surface area contributed by atoms with Crippen LogP contribution in [0.1, 0.15) is 31.2 Å². The van der Waals surface area contributed by atoms with Crippen LogP contribution in [0.2, 0.25) is 0 Å². The molecule has 5 nitrogen and oxygen atoms in total. The molecule has 3 amide bonds. The van der Waals surface area contributed by atoms with Crippen molar-refractivity contribution in [2.75, 3.05) is 33.2 Å². The molecule has 0 bridgehead atoms. The zero-order chi connectivity index (χ0) is 18.1. The molecule has 2 aliphatic heterocycles. The van der Waals surface area contributed by atoms with Gasteiger partial charge < -0.3 is 15.1 Å². The van der Waals surface area contributed by atoms with E-state index in [0.717, 1.165) is 38.8 Å². The van der Waals surface area contributed by atoms with Gasteiger partial charge in [-0.3, -0.25) is 4.79 Å². The van der Waals surface area contributed by atoms with E-state index in [1.807, 2.05) is 22.9 Å². The molecule has 26 heavy (non-hydrogen) atoms. The second-order valence-electron chi connectivity index (χ2n) is 8.38. The number of nitrogens with one attached hydrogen (secondary N) is 1. The molecule has 0 aromatic heterocycles. The lowest BCUT2D eigenvalue weighted by Gasteiger charge is -2.37. The van der Waals surface area contributed by atoms with Crippen LogP contribution in [0, 0.1) is 17.3 Å². The lowest BCUT2D eigenvalue weighted by atomic mass is 9.77. The Balaban J connectivity index is 1.19. The van der Waals surface area contributed by atoms with Gasteiger partial charge in [0.1, 0.15) is 0 Å². The molecule has 140 valence electrons. The largest absolute Gasteiger partial charge is 0.345 e. The molecule has 1 aliphatic carbocycles. The monoisotopic (exact) mass is 355 g/mol. The average molecular weight is 355 g/mol. The van der Waals surface area contributed by atoms with E-state index in [1.54, 1.807) is 0 Å². The third-order valence-corrected chi connectivity index (χ3v) is 6.66. The third kappa shape index (κ3) is 3.44. The Labute approximate surface area is 155 Å². The second-order valence-corrected chi connectivity index (χ2v) is 8.38. The van der Waals surface area contributed by atoms with Crippen LogP contribution in [-0.2, 0) is 11.2 Å². The summed E-state index contributed by atoms with van der Waals surface area (Å²) in [6, 6.07) is 10.6. The predicted molar refractivity (Wildman–Crippen MR) is 101 cm³/mol. The zero-order valence-electron chi connectivity index (χ0n) is 15.6. The average Bonchev–Trinajstić information content (AvgIpc) is 3.36. The first-order valence-corrected chi connectivity index (χ1v) is 9.90. The highest BCUT2D eigenvalue weighted by molar-refractivity contribution is 5.85. The van der Waals surface area contributed by atoms with Gasteiger partial charge in [-0.05, 0) is 49.5 Å². The molecule has 3 aliphatic rings. The van der Waals surface area contributed by atoms with Gasteiger partial charge in [-0.1, -0.05) is 30.3 Å². The van der Waals surface area contributed by atoms with Crippen LogP contribution in [0.15, 0.2) is 30.3 Å². The summed E-state index contributed by atoms with van der Waals surface area (Å²) < 4.78 is 0. The van der Waals surface area contributed by atoms with Crippen molar-refractivity contribution < 1.29 is 9.59 Å². The summed E-state index contributed by atoms with van der Waals surface area (Å²) in [5.41, 5.74) is 1.20. The minimum absolute atomic E-state index is 0.0454. The molecule has 1 aromatic rings. The Morgan fingerprint density at radius 3 is 2.46 bits per heavy atom. The van der Waals surface area contributed by atoms with E-state index in [2.05, 4.69) is 29.6 Å². The summed E-state index contributed by atoms with van der Waals surface area (Å²) in [4.78, 5) is 28.6. The highest BCUT2D eigenvalue weighted by Crippen LogP contribution is 2.42. The van der Waals surface area contributed by atoms with Gasteiger partial charge in [0.25, 0.3) is 0 Å². The minimum Gasteiger partial charge on any atom is -0.345 e. The van der Waals surface area contributed by atoms with Crippen molar-refractivity contribution in [2.24, 2.45) is 17.3 Å². The number of hydrogen-bond acceptors (Lipinski definition) is 2. The molecule has 0 unspecified atom stereocenters. The maximum absolute atomic E-state index is 12.5. The smallest absolute Gasteiger partial charge is 0.317 e. The number of carbonyl (C=O) groups excluding carboxylic acids is 2. The molecule has 1 saturated carbocycles. The first kappa shape index (κ1) is 17.4. The lowest BCUT2D eigenvalue weighted by Crippen LogP contribution is -2.49. The van der Waals surface area contributed by atoms with E-state index in [-0.39, 0.29) is 17.4 Å². The number of benzene rings is 1. The molecule has 4 rings (SSSR count). The number of rotatable bonds is 4. The van der Waals surface area contributed by atoms with E-state index in [4.69, 9.17) is 0 Å². The standard InChI is InChI=1S/C21H29N3O2/c1-23-10-7-21(19(23)25)8-11-24(12-9-21)20(26)22-15-18-14-17(18)13-16-5-3-2-4-6-16/h2-6,17-18H,7-15H2,1H3,(H,22,26)/t17-,18+/m1/s1. The molecule has 0 radical (unpaired) electrons. The zero-order valence-corrected chi connectivity index (χ0v) is 15.6. The summed E-state index contributed by atoms with van der Waals surface area (Å²) in [5, 5.41) is 3.12. The Hall–Kier alpha value is -2.04. The van der Waals surface area contributed by atoms with Crippen LogP contribution < -0.4 is 5.32 Å². The quantitative estimate of drug-likeness (QED) is 0.902. The summed E-state index contributed by atoms with van der Waals surface area (Å²) in [5.74, 6) is 1.59. The van der Waals surface area contributed by atoms with E-state index in [0.29, 0.717) is 24.9 Å². The molecule has 1 aromatic carbocycles. The molecule has 3 fully saturated rings. The first-order valence-electron chi connectivity index (χ1n) is 9.90. The topological polar surface area (TPSA) is 52.6 Å². The van der Waals surface area contributed by atoms with Crippen molar-refractivity contribution in [3.63, 3.8) is 0 Å². The van der Waals surface area contributed by atoms with Gasteiger partial charge in [-0.15, -0.1) is 0 Å². The summed E-state index contributed by atoms with van der Waals surface area (Å²) in [7, 11) is 1.89. The summed E-state index contributed by atoms with van der Waals surface area (Å²) in [6.07, 6.45) is 4.89. The highest BCUT2D eigenvalue weighted by atomic mass is 16.2. The number of piperidine rings is 1.